The molecule has 0 amide bonds. The van der Waals surface area contributed by atoms with E-state index < -0.39 is 66.1 Å². The van der Waals surface area contributed by atoms with Gasteiger partial charge in [0.25, 0.3) is 0 Å². The average Bonchev–Trinajstić information content (AvgIpc) is 2.53. The van der Waals surface area contributed by atoms with Crippen molar-refractivity contribution in [3.8, 4) is 0 Å². The predicted octanol–water partition coefficient (Wildman–Crippen LogP) is 5.56. The fourth-order valence-electron chi connectivity index (χ4n) is 1.58. The zero-order chi connectivity index (χ0) is 29.1. The van der Waals surface area contributed by atoms with E-state index in [0.717, 1.165) is 0 Å². The molecule has 0 heterocycles. The maximum absolute atomic E-state index is 13.8. The second-order valence-electron chi connectivity index (χ2n) is 5.69. The maximum atomic E-state index is 13.8. The number of carbonyl (C=O) groups excluding carboxylic acids is 2. The Balaban J connectivity index is 7.11. The van der Waals surface area contributed by atoms with E-state index in [4.69, 9.17) is 0 Å². The molecule has 4 nitrogen and oxygen atoms in total. The molecule has 0 spiro atoms. The molecule has 0 unspecified atom stereocenters. The summed E-state index contributed by atoms with van der Waals surface area (Å²) in [5, 5.41) is 0. The summed E-state index contributed by atoms with van der Waals surface area (Å²) in [6, 6.07) is 0. The molecule has 0 N–H and O–H groups in total. The van der Waals surface area contributed by atoms with Crippen LogP contribution in [0.4, 0.5) is 87.8 Å². The van der Waals surface area contributed by atoms with Gasteiger partial charge in [-0.1, -0.05) is 0 Å². The maximum Gasteiger partial charge on any atom is 0.471 e. The standard InChI is InChI=1S/C11F20O4/c12-3(13,7(18,19)20)1(32)34-5(9(24,25)26,10(27,28)29)6(16,17)11(30,31)35-2(33)4(14,15)8(21,22)23. The lowest BCUT2D eigenvalue weighted by atomic mass is 9.91. The number of rotatable bonds is 6. The smallest absolute Gasteiger partial charge is 0.429 e. The van der Waals surface area contributed by atoms with Crippen LogP contribution in [0.3, 0.4) is 0 Å². The topological polar surface area (TPSA) is 52.6 Å². The highest BCUT2D eigenvalue weighted by atomic mass is 19.4. The second-order valence-corrected chi connectivity index (χ2v) is 5.69. The van der Waals surface area contributed by atoms with Crippen molar-refractivity contribution < 1.29 is 107 Å². The first kappa shape index (κ1) is 32.5. The van der Waals surface area contributed by atoms with E-state index in [-0.39, 0.29) is 0 Å². The molecule has 0 aromatic heterocycles. The van der Waals surface area contributed by atoms with Crippen LogP contribution >= 0.6 is 0 Å². The zero-order valence-corrected chi connectivity index (χ0v) is 14.7. The molecule has 0 aromatic carbocycles. The van der Waals surface area contributed by atoms with Crippen LogP contribution in [0, 0.1) is 0 Å². The number of alkyl halides is 20. The second kappa shape index (κ2) is 8.30. The SMILES string of the molecule is O=C(OC(F)(F)C(F)(F)C(OC(=O)C(F)(F)C(F)(F)F)(C(F)(F)F)C(F)(F)F)C(F)(F)C(F)(F)F. The van der Waals surface area contributed by atoms with Crippen molar-refractivity contribution in [1.29, 1.82) is 0 Å². The number of hydrogen-bond donors (Lipinski definition) is 0. The molecule has 0 aliphatic carbocycles. The van der Waals surface area contributed by atoms with Crippen LogP contribution in [0.25, 0.3) is 0 Å². The minimum Gasteiger partial charge on any atom is -0.429 e. The third kappa shape index (κ3) is 5.09. The lowest BCUT2D eigenvalue weighted by Gasteiger charge is -2.43. The monoisotopic (exact) mass is 576 g/mol. The Morgan fingerprint density at radius 3 is 0.886 bits per heavy atom. The van der Waals surface area contributed by atoms with Gasteiger partial charge < -0.3 is 9.47 Å². The van der Waals surface area contributed by atoms with E-state index in [2.05, 4.69) is 0 Å². The van der Waals surface area contributed by atoms with Crippen molar-refractivity contribution in [2.75, 3.05) is 0 Å². The highest BCUT2D eigenvalue weighted by Gasteiger charge is 2.94. The van der Waals surface area contributed by atoms with Gasteiger partial charge in [-0.05, 0) is 0 Å². The van der Waals surface area contributed by atoms with Crippen LogP contribution in [0.15, 0.2) is 0 Å². The van der Waals surface area contributed by atoms with Crippen molar-refractivity contribution in [3.63, 3.8) is 0 Å². The number of hydrogen-bond acceptors (Lipinski definition) is 4. The summed E-state index contributed by atoms with van der Waals surface area (Å²) < 4.78 is 257. The van der Waals surface area contributed by atoms with Gasteiger partial charge in [0.15, 0.2) is 0 Å². The molecule has 0 rings (SSSR count). The summed E-state index contributed by atoms with van der Waals surface area (Å²) >= 11 is 0. The average molecular weight is 576 g/mol. The van der Waals surface area contributed by atoms with Crippen LogP contribution in [-0.2, 0) is 19.1 Å². The zero-order valence-electron chi connectivity index (χ0n) is 14.7. The van der Waals surface area contributed by atoms with Crippen LogP contribution in [0.5, 0.6) is 0 Å². The predicted molar refractivity (Wildman–Crippen MR) is 58.9 cm³/mol. The summed E-state index contributed by atoms with van der Waals surface area (Å²) in [5.41, 5.74) is -8.57. The molecular formula is C11F20O4. The summed E-state index contributed by atoms with van der Waals surface area (Å²) in [6.45, 7) is 0. The first-order chi connectivity index (χ1) is 14.8. The largest absolute Gasteiger partial charge is 0.471 e. The van der Waals surface area contributed by atoms with Gasteiger partial charge in [-0.3, -0.25) is 0 Å². The molecule has 0 atom stereocenters. The Morgan fingerprint density at radius 2 is 0.657 bits per heavy atom. The number of carbonyl (C=O) groups is 2. The third-order valence-electron chi connectivity index (χ3n) is 3.30. The molecule has 208 valence electrons. The number of halogens is 20. The lowest BCUT2D eigenvalue weighted by molar-refractivity contribution is -0.477. The van der Waals surface area contributed by atoms with E-state index in [1.165, 1.54) is 9.47 Å². The van der Waals surface area contributed by atoms with E-state index >= 15 is 0 Å². The third-order valence-corrected chi connectivity index (χ3v) is 3.30. The van der Waals surface area contributed by atoms with Gasteiger partial charge in [0.2, 0.25) is 0 Å². The number of ether oxygens (including phenoxy) is 2. The van der Waals surface area contributed by atoms with Gasteiger partial charge in [0, 0.05) is 0 Å². The Kier molecular flexibility index (Phi) is 7.71. The fourth-order valence-corrected chi connectivity index (χ4v) is 1.58. The summed E-state index contributed by atoms with van der Waals surface area (Å²) in [5.74, 6) is -33.9. The van der Waals surface area contributed by atoms with Gasteiger partial charge in [-0.2, -0.15) is 87.8 Å². The van der Waals surface area contributed by atoms with E-state index in [0.29, 0.717) is 0 Å². The first-order valence-electron chi connectivity index (χ1n) is 7.00. The molecule has 0 saturated carbocycles. The molecule has 0 saturated heterocycles. The lowest BCUT2D eigenvalue weighted by Crippen LogP contribution is -2.76. The summed E-state index contributed by atoms with van der Waals surface area (Å²) in [7, 11) is 0. The van der Waals surface area contributed by atoms with Crippen molar-refractivity contribution in [2.24, 2.45) is 0 Å². The molecule has 24 heteroatoms. The Hall–Kier alpha value is -2.46. The Labute approximate surface area is 174 Å². The van der Waals surface area contributed by atoms with Gasteiger partial charge in [0.05, 0.1) is 0 Å². The minimum atomic E-state index is -8.74. The minimum absolute atomic E-state index is 1.43. The highest BCUT2D eigenvalue weighted by Crippen LogP contribution is 2.60. The Morgan fingerprint density at radius 1 is 0.400 bits per heavy atom. The molecule has 0 aromatic rings. The quantitative estimate of drug-likeness (QED) is 0.307. The highest BCUT2D eigenvalue weighted by molar-refractivity contribution is 5.80. The summed E-state index contributed by atoms with van der Waals surface area (Å²) in [4.78, 5) is 21.1. The Bertz CT molecular complexity index is 797. The van der Waals surface area contributed by atoms with Crippen LogP contribution < -0.4 is 0 Å². The first-order valence-corrected chi connectivity index (χ1v) is 7.00. The van der Waals surface area contributed by atoms with Crippen molar-refractivity contribution >= 4 is 11.9 Å². The van der Waals surface area contributed by atoms with Gasteiger partial charge in [-0.15, -0.1) is 0 Å². The molecule has 0 radical (unpaired) electrons. The number of esters is 2. The van der Waals surface area contributed by atoms with E-state index in [1.807, 2.05) is 0 Å². The van der Waals surface area contributed by atoms with Crippen molar-refractivity contribution in [3.05, 3.63) is 0 Å². The van der Waals surface area contributed by atoms with Crippen LogP contribution in [0.2, 0.25) is 0 Å². The van der Waals surface area contributed by atoms with E-state index in [9.17, 15) is 97.4 Å². The molecule has 0 aliphatic rings. The summed E-state index contributed by atoms with van der Waals surface area (Å²) in [6.07, 6.45) is -40.0. The van der Waals surface area contributed by atoms with Gasteiger partial charge in [-0.25, -0.2) is 9.59 Å². The molecule has 0 fully saturated rings. The van der Waals surface area contributed by atoms with Crippen molar-refractivity contribution in [2.45, 2.75) is 54.2 Å². The van der Waals surface area contributed by atoms with Crippen LogP contribution in [-0.4, -0.2) is 66.1 Å². The molecule has 0 aliphatic heterocycles. The van der Waals surface area contributed by atoms with Gasteiger partial charge >= 0.3 is 66.1 Å². The van der Waals surface area contributed by atoms with Gasteiger partial charge in [0.1, 0.15) is 0 Å². The fraction of sp³-hybridized carbons (Fsp3) is 0.818. The molecule has 35 heavy (non-hydrogen) atoms. The van der Waals surface area contributed by atoms with E-state index in [1.54, 1.807) is 0 Å². The molecule has 0 bridgehead atoms. The normalized spacial score (nSPS) is 15.7. The van der Waals surface area contributed by atoms with Crippen molar-refractivity contribution in [1.82, 2.24) is 0 Å². The van der Waals surface area contributed by atoms with Crippen LogP contribution in [0.1, 0.15) is 0 Å². The molecular weight excluding hydrogens is 576 g/mol.